The van der Waals surface area contributed by atoms with E-state index in [9.17, 15) is 19.2 Å². The van der Waals surface area contributed by atoms with Crippen LogP contribution in [-0.2, 0) is 25.6 Å². The predicted molar refractivity (Wildman–Crippen MR) is 120 cm³/mol. The van der Waals surface area contributed by atoms with Crippen LogP contribution in [0, 0.1) is 5.92 Å². The zero-order chi connectivity index (χ0) is 23.8. The van der Waals surface area contributed by atoms with Gasteiger partial charge in [0.2, 0.25) is 17.7 Å². The van der Waals surface area contributed by atoms with Gasteiger partial charge in [0, 0.05) is 17.1 Å². The van der Waals surface area contributed by atoms with Crippen molar-refractivity contribution in [3.05, 3.63) is 36.0 Å². The molecule has 174 valence electrons. The van der Waals surface area contributed by atoms with Gasteiger partial charge >= 0.3 is 5.97 Å². The molecule has 0 saturated carbocycles. The van der Waals surface area contributed by atoms with Gasteiger partial charge in [0.15, 0.2) is 0 Å². The van der Waals surface area contributed by atoms with E-state index in [0.717, 1.165) is 16.5 Å². The Bertz CT molecular complexity index is 973. The van der Waals surface area contributed by atoms with E-state index in [-0.39, 0.29) is 5.92 Å². The van der Waals surface area contributed by atoms with Crippen LogP contribution in [0.2, 0.25) is 0 Å². The van der Waals surface area contributed by atoms with E-state index in [0.29, 0.717) is 12.8 Å². The maximum atomic E-state index is 12.8. The SMILES string of the molecule is CCC(C)C(NC(=O)C(N)Cc1c[nH]c2ccccc12)C(=O)NC(C)C(=O)NCC(=O)O. The number of aliphatic carboxylic acids is 1. The molecular weight excluding hydrogens is 414 g/mol. The molecule has 4 atom stereocenters. The highest BCUT2D eigenvalue weighted by Crippen LogP contribution is 2.19. The lowest BCUT2D eigenvalue weighted by Gasteiger charge is -2.26. The molecule has 3 amide bonds. The number of carbonyl (C=O) groups excluding carboxylic acids is 3. The molecule has 0 spiro atoms. The molecule has 0 aliphatic rings. The van der Waals surface area contributed by atoms with Gasteiger partial charge < -0.3 is 31.8 Å². The molecular formula is C22H31N5O5. The van der Waals surface area contributed by atoms with Gasteiger partial charge in [0.1, 0.15) is 18.6 Å². The Morgan fingerprint density at radius 3 is 2.41 bits per heavy atom. The quantitative estimate of drug-likeness (QED) is 0.290. The first-order valence-corrected chi connectivity index (χ1v) is 10.5. The number of nitrogens with one attached hydrogen (secondary N) is 4. The average molecular weight is 446 g/mol. The summed E-state index contributed by atoms with van der Waals surface area (Å²) in [5, 5.41) is 17.1. The van der Waals surface area contributed by atoms with Gasteiger partial charge in [-0.3, -0.25) is 19.2 Å². The largest absolute Gasteiger partial charge is 0.480 e. The van der Waals surface area contributed by atoms with Crippen molar-refractivity contribution in [2.75, 3.05) is 6.54 Å². The van der Waals surface area contributed by atoms with Crippen LogP contribution in [0.4, 0.5) is 0 Å². The summed E-state index contributed by atoms with van der Waals surface area (Å²) in [6.45, 7) is 4.58. The Balaban J connectivity index is 2.02. The topological polar surface area (TPSA) is 166 Å². The standard InChI is InChI=1S/C22H31N5O5/c1-4-12(2)19(22(32)26-13(3)20(30)25-11-18(28)29)27-21(31)16(23)9-14-10-24-17-8-6-5-7-15(14)17/h5-8,10,12-13,16,19,24H,4,9,11,23H2,1-3H3,(H,25,30)(H,26,32)(H,27,31)(H,28,29). The van der Waals surface area contributed by atoms with Gasteiger partial charge in [-0.15, -0.1) is 0 Å². The molecule has 0 radical (unpaired) electrons. The number of nitrogens with two attached hydrogens (primary N) is 1. The molecule has 2 aromatic rings. The summed E-state index contributed by atoms with van der Waals surface area (Å²) in [6.07, 6.45) is 2.71. The third-order valence-corrected chi connectivity index (χ3v) is 5.41. The second-order valence-corrected chi connectivity index (χ2v) is 7.88. The van der Waals surface area contributed by atoms with Gasteiger partial charge in [-0.25, -0.2) is 0 Å². The smallest absolute Gasteiger partial charge is 0.322 e. The van der Waals surface area contributed by atoms with Gasteiger partial charge in [0.05, 0.1) is 6.04 Å². The zero-order valence-corrected chi connectivity index (χ0v) is 18.5. The van der Waals surface area contributed by atoms with E-state index in [2.05, 4.69) is 20.9 Å². The number of rotatable bonds is 11. The first-order chi connectivity index (χ1) is 15.1. The Morgan fingerprint density at radius 2 is 1.75 bits per heavy atom. The van der Waals surface area contributed by atoms with Crippen molar-refractivity contribution in [1.82, 2.24) is 20.9 Å². The summed E-state index contributed by atoms with van der Waals surface area (Å²) in [5.74, 6) is -3.05. The number of H-pyrrole nitrogens is 1. The lowest BCUT2D eigenvalue weighted by molar-refractivity contribution is -0.138. The maximum absolute atomic E-state index is 12.8. The summed E-state index contributed by atoms with van der Waals surface area (Å²) >= 11 is 0. The lowest BCUT2D eigenvalue weighted by Crippen LogP contribution is -2.57. The number of aromatic amines is 1. The number of amides is 3. The van der Waals surface area contributed by atoms with Gasteiger partial charge in [-0.05, 0) is 30.9 Å². The number of benzene rings is 1. The molecule has 1 heterocycles. The predicted octanol–water partition coefficient (Wildman–Crippen LogP) is 0.274. The fourth-order valence-corrected chi connectivity index (χ4v) is 3.28. The molecule has 0 aliphatic carbocycles. The second kappa shape index (κ2) is 11.3. The first-order valence-electron chi connectivity index (χ1n) is 10.5. The number of carbonyl (C=O) groups is 4. The van der Waals surface area contributed by atoms with Crippen LogP contribution in [0.15, 0.2) is 30.5 Å². The number of para-hydroxylation sites is 1. The maximum Gasteiger partial charge on any atom is 0.322 e. The lowest BCUT2D eigenvalue weighted by atomic mass is 9.97. The second-order valence-electron chi connectivity index (χ2n) is 7.88. The zero-order valence-electron chi connectivity index (χ0n) is 18.5. The van der Waals surface area contributed by atoms with Gasteiger partial charge in [0.25, 0.3) is 0 Å². The molecule has 1 aromatic heterocycles. The summed E-state index contributed by atoms with van der Waals surface area (Å²) in [6, 6.07) is 4.96. The summed E-state index contributed by atoms with van der Waals surface area (Å²) in [7, 11) is 0. The highest BCUT2D eigenvalue weighted by atomic mass is 16.4. The molecule has 7 N–H and O–H groups in total. The van der Waals surface area contributed by atoms with Crippen molar-refractivity contribution in [1.29, 1.82) is 0 Å². The average Bonchev–Trinajstić information content (AvgIpc) is 3.17. The molecule has 1 aromatic carbocycles. The minimum Gasteiger partial charge on any atom is -0.480 e. The van der Waals surface area contributed by atoms with E-state index in [4.69, 9.17) is 10.8 Å². The number of aromatic nitrogens is 1. The van der Waals surface area contributed by atoms with Crippen molar-refractivity contribution in [2.24, 2.45) is 11.7 Å². The number of fused-ring (bicyclic) bond motifs is 1. The third-order valence-electron chi connectivity index (χ3n) is 5.41. The highest BCUT2D eigenvalue weighted by Gasteiger charge is 2.30. The van der Waals surface area contributed by atoms with Crippen molar-refractivity contribution in [3.63, 3.8) is 0 Å². The molecule has 10 heteroatoms. The molecule has 10 nitrogen and oxygen atoms in total. The van der Waals surface area contributed by atoms with Crippen LogP contribution < -0.4 is 21.7 Å². The van der Waals surface area contributed by atoms with E-state index in [1.165, 1.54) is 6.92 Å². The van der Waals surface area contributed by atoms with Crippen LogP contribution in [0.5, 0.6) is 0 Å². The van der Waals surface area contributed by atoms with Crippen LogP contribution in [0.25, 0.3) is 10.9 Å². The molecule has 2 rings (SSSR count). The molecule has 4 unspecified atom stereocenters. The first kappa shape index (κ1) is 24.9. The van der Waals surface area contributed by atoms with Gasteiger partial charge in [-0.1, -0.05) is 38.5 Å². The molecule has 0 aliphatic heterocycles. The van der Waals surface area contributed by atoms with E-state index < -0.39 is 48.4 Å². The number of hydrogen-bond acceptors (Lipinski definition) is 5. The summed E-state index contributed by atoms with van der Waals surface area (Å²) < 4.78 is 0. The molecule has 0 fully saturated rings. The molecule has 32 heavy (non-hydrogen) atoms. The fraction of sp³-hybridized carbons (Fsp3) is 0.455. The van der Waals surface area contributed by atoms with E-state index >= 15 is 0 Å². The Hall–Kier alpha value is -3.40. The van der Waals surface area contributed by atoms with Crippen molar-refractivity contribution >= 4 is 34.6 Å². The highest BCUT2D eigenvalue weighted by molar-refractivity contribution is 5.94. The fourth-order valence-electron chi connectivity index (χ4n) is 3.28. The third kappa shape index (κ3) is 6.55. The normalized spacial score (nSPS) is 14.8. The Morgan fingerprint density at radius 1 is 1.06 bits per heavy atom. The number of hydrogen-bond donors (Lipinski definition) is 6. The number of carboxylic acid groups (broad SMARTS) is 1. The minimum atomic E-state index is -1.19. The van der Waals surface area contributed by atoms with Crippen LogP contribution in [0.3, 0.4) is 0 Å². The monoisotopic (exact) mass is 445 g/mol. The van der Waals surface area contributed by atoms with Crippen molar-refractivity contribution in [3.8, 4) is 0 Å². The Kier molecular flexibility index (Phi) is 8.77. The molecule has 0 bridgehead atoms. The van der Waals surface area contributed by atoms with E-state index in [1.807, 2.05) is 44.3 Å². The Labute approximate surface area is 186 Å². The number of carboxylic acids is 1. The summed E-state index contributed by atoms with van der Waals surface area (Å²) in [4.78, 5) is 51.2. The van der Waals surface area contributed by atoms with E-state index in [1.54, 1.807) is 0 Å². The molecule has 0 saturated heterocycles. The van der Waals surface area contributed by atoms with Crippen molar-refractivity contribution in [2.45, 2.75) is 51.7 Å². The van der Waals surface area contributed by atoms with Crippen molar-refractivity contribution < 1.29 is 24.3 Å². The van der Waals surface area contributed by atoms with Gasteiger partial charge in [-0.2, -0.15) is 0 Å². The summed E-state index contributed by atoms with van der Waals surface area (Å²) in [5.41, 5.74) is 7.98. The van der Waals surface area contributed by atoms with Crippen LogP contribution in [-0.4, -0.2) is 58.5 Å². The van der Waals surface area contributed by atoms with Crippen LogP contribution in [0.1, 0.15) is 32.8 Å². The van der Waals surface area contributed by atoms with Crippen LogP contribution >= 0.6 is 0 Å². The minimum absolute atomic E-state index is 0.214.